The number of fused-ring (bicyclic) bond motifs is 7. The Balaban J connectivity index is 1.32. The van der Waals surface area contributed by atoms with Gasteiger partial charge < -0.3 is 35.0 Å². The lowest BCUT2D eigenvalue weighted by atomic mass is 9.33. The first-order valence-electron chi connectivity index (χ1n) is 17.0. The molecule has 0 radical (unpaired) electrons. The molecule has 1 heterocycles. The average molecular weight is 605 g/mol. The van der Waals surface area contributed by atoms with Crippen LogP contribution >= 0.6 is 0 Å². The van der Waals surface area contributed by atoms with Crippen LogP contribution in [0.3, 0.4) is 0 Å². The number of carboxylic acid groups (broad SMARTS) is 1. The minimum Gasteiger partial charge on any atom is -0.481 e. The lowest BCUT2D eigenvalue weighted by Crippen LogP contribution is -2.66. The molecule has 0 amide bonds. The monoisotopic (exact) mass is 604 g/mol. The van der Waals surface area contributed by atoms with Gasteiger partial charge in [0.2, 0.25) is 0 Å². The summed E-state index contributed by atoms with van der Waals surface area (Å²) in [7, 11) is 0. The van der Waals surface area contributed by atoms with E-state index in [4.69, 9.17) is 9.47 Å². The summed E-state index contributed by atoms with van der Waals surface area (Å²) in [5, 5.41) is 52.7. The topological polar surface area (TPSA) is 137 Å². The Morgan fingerprint density at radius 1 is 0.930 bits per heavy atom. The Morgan fingerprint density at radius 3 is 2.35 bits per heavy atom. The van der Waals surface area contributed by atoms with Crippen molar-refractivity contribution in [3.63, 3.8) is 0 Å². The molecule has 5 N–H and O–H groups in total. The molecule has 8 nitrogen and oxygen atoms in total. The largest absolute Gasteiger partial charge is 0.481 e. The lowest BCUT2D eigenvalue weighted by Gasteiger charge is -2.71. The molecular weight excluding hydrogens is 548 g/mol. The maximum atomic E-state index is 13.0. The van der Waals surface area contributed by atoms with E-state index in [1.807, 2.05) is 0 Å². The molecular formula is C35H56O8. The minimum atomic E-state index is -1.36. The van der Waals surface area contributed by atoms with Crippen molar-refractivity contribution in [2.24, 2.45) is 56.7 Å². The highest BCUT2D eigenvalue weighted by atomic mass is 16.7. The van der Waals surface area contributed by atoms with Crippen molar-refractivity contribution in [2.75, 3.05) is 13.2 Å². The van der Waals surface area contributed by atoms with Gasteiger partial charge in [-0.15, -0.1) is 0 Å². The molecule has 43 heavy (non-hydrogen) atoms. The van der Waals surface area contributed by atoms with E-state index in [-0.39, 0.29) is 41.3 Å². The van der Waals surface area contributed by atoms with Crippen LogP contribution in [-0.4, -0.2) is 75.4 Å². The van der Waals surface area contributed by atoms with Gasteiger partial charge in [0.05, 0.1) is 24.7 Å². The van der Waals surface area contributed by atoms with Gasteiger partial charge in [-0.05, 0) is 104 Å². The molecule has 1 aliphatic heterocycles. The van der Waals surface area contributed by atoms with Crippen molar-refractivity contribution in [1.29, 1.82) is 0 Å². The highest BCUT2D eigenvalue weighted by Gasteiger charge is 2.70. The van der Waals surface area contributed by atoms with Crippen LogP contribution in [0.25, 0.3) is 0 Å². The predicted octanol–water partition coefficient (Wildman–Crippen LogP) is 4.53. The summed E-state index contributed by atoms with van der Waals surface area (Å²) >= 11 is 0. The smallest absolute Gasteiger partial charge is 0.310 e. The molecule has 244 valence electrons. The highest BCUT2D eigenvalue weighted by Crippen LogP contribution is 2.75. The fourth-order valence-corrected chi connectivity index (χ4v) is 12.1. The highest BCUT2D eigenvalue weighted by molar-refractivity contribution is 5.76. The zero-order valence-electron chi connectivity index (χ0n) is 27.1. The summed E-state index contributed by atoms with van der Waals surface area (Å²) in [6.45, 7) is 14.2. The van der Waals surface area contributed by atoms with Crippen LogP contribution < -0.4 is 0 Å². The first-order valence-corrected chi connectivity index (χ1v) is 17.0. The van der Waals surface area contributed by atoms with Crippen molar-refractivity contribution in [3.05, 3.63) is 11.6 Å². The molecule has 0 bridgehead atoms. The maximum Gasteiger partial charge on any atom is 0.310 e. The van der Waals surface area contributed by atoms with Gasteiger partial charge in [0, 0.05) is 5.41 Å². The number of aliphatic carboxylic acids is 1. The van der Waals surface area contributed by atoms with E-state index < -0.39 is 47.5 Å². The van der Waals surface area contributed by atoms with Crippen molar-refractivity contribution >= 4 is 5.97 Å². The van der Waals surface area contributed by atoms with Crippen molar-refractivity contribution in [1.82, 2.24) is 0 Å². The van der Waals surface area contributed by atoms with Gasteiger partial charge in [-0.1, -0.05) is 53.2 Å². The summed E-state index contributed by atoms with van der Waals surface area (Å²) in [4.78, 5) is 13.0. The summed E-state index contributed by atoms with van der Waals surface area (Å²) in [6, 6.07) is 0. The zero-order chi connectivity index (χ0) is 31.3. The molecule has 0 unspecified atom stereocenters. The van der Waals surface area contributed by atoms with Crippen LogP contribution in [0.4, 0.5) is 0 Å². The van der Waals surface area contributed by atoms with Crippen molar-refractivity contribution in [2.45, 2.75) is 130 Å². The van der Waals surface area contributed by atoms with E-state index >= 15 is 0 Å². The fraction of sp³-hybridized carbons (Fsp3) is 0.914. The molecule has 6 rings (SSSR count). The molecule has 6 aliphatic rings. The van der Waals surface area contributed by atoms with Crippen LogP contribution in [0, 0.1) is 56.7 Å². The summed E-state index contributed by atoms with van der Waals surface area (Å²) in [6.07, 6.45) is 4.91. The maximum absolute atomic E-state index is 13.0. The first kappa shape index (κ1) is 31.9. The average Bonchev–Trinajstić information content (AvgIpc) is 2.96. The van der Waals surface area contributed by atoms with Gasteiger partial charge in [0.15, 0.2) is 6.29 Å². The van der Waals surface area contributed by atoms with E-state index in [9.17, 15) is 30.3 Å². The third-order valence-corrected chi connectivity index (χ3v) is 15.2. The SMILES string of the molecule is C[C@H]1[C@H](C)CC[C@]2(C(=O)O)CC[C@]3(C)C(=CC[C@@H]4[C@@]5(C)CC[C@H](O)[C@@](C)(CO[C@@H]6OC[C@@H](O)[C@H](O)[C@H]6O)[C@@H]5CC[C@]43C)[C@H]12. The third kappa shape index (κ3) is 4.25. The van der Waals surface area contributed by atoms with Crippen LogP contribution in [-0.2, 0) is 14.3 Å². The second-order valence-corrected chi connectivity index (χ2v) is 16.7. The number of aliphatic hydroxyl groups excluding tert-OH is 4. The Hall–Kier alpha value is -1.03. The van der Waals surface area contributed by atoms with Gasteiger partial charge >= 0.3 is 5.97 Å². The summed E-state index contributed by atoms with van der Waals surface area (Å²) < 4.78 is 11.7. The molecule has 0 aromatic heterocycles. The number of rotatable bonds is 4. The molecule has 1 saturated heterocycles. The van der Waals surface area contributed by atoms with E-state index in [1.54, 1.807) is 0 Å². The molecule has 0 aromatic carbocycles. The molecule has 5 aliphatic carbocycles. The summed E-state index contributed by atoms with van der Waals surface area (Å²) in [5.41, 5.74) is 0.0965. The molecule has 0 spiro atoms. The molecule has 8 heteroatoms. The lowest BCUT2D eigenvalue weighted by molar-refractivity contribution is -0.291. The molecule has 15 atom stereocenters. The normalized spacial score (nSPS) is 56.6. The fourth-order valence-electron chi connectivity index (χ4n) is 12.1. The predicted molar refractivity (Wildman–Crippen MR) is 161 cm³/mol. The Labute approximate surface area is 257 Å². The van der Waals surface area contributed by atoms with Crippen LogP contribution in [0.5, 0.6) is 0 Å². The van der Waals surface area contributed by atoms with E-state index in [0.717, 1.165) is 51.4 Å². The van der Waals surface area contributed by atoms with E-state index in [0.29, 0.717) is 24.2 Å². The molecule has 5 fully saturated rings. The van der Waals surface area contributed by atoms with Crippen LogP contribution in [0.2, 0.25) is 0 Å². The number of hydrogen-bond acceptors (Lipinski definition) is 7. The first-order chi connectivity index (χ1) is 20.1. The third-order valence-electron chi connectivity index (χ3n) is 15.2. The Kier molecular flexibility index (Phi) is 7.79. The molecule has 4 saturated carbocycles. The van der Waals surface area contributed by atoms with Gasteiger partial charge in [0.1, 0.15) is 18.3 Å². The number of carboxylic acids is 1. The second kappa shape index (κ2) is 10.5. The van der Waals surface area contributed by atoms with Crippen molar-refractivity contribution in [3.8, 4) is 0 Å². The number of carbonyl (C=O) groups is 1. The van der Waals surface area contributed by atoms with Gasteiger partial charge in [-0.3, -0.25) is 4.79 Å². The number of allylic oxidation sites excluding steroid dienone is 2. The van der Waals surface area contributed by atoms with E-state index in [1.165, 1.54) is 5.57 Å². The minimum absolute atomic E-state index is 0.0143. The quantitative estimate of drug-likeness (QED) is 0.296. The van der Waals surface area contributed by atoms with Gasteiger partial charge in [-0.2, -0.15) is 0 Å². The van der Waals surface area contributed by atoms with Gasteiger partial charge in [-0.25, -0.2) is 0 Å². The zero-order valence-corrected chi connectivity index (χ0v) is 27.1. The van der Waals surface area contributed by atoms with Crippen molar-refractivity contribution < 1.29 is 39.8 Å². The second-order valence-electron chi connectivity index (χ2n) is 16.7. The van der Waals surface area contributed by atoms with E-state index in [2.05, 4.69) is 47.6 Å². The Bertz CT molecular complexity index is 1140. The number of aliphatic hydroxyl groups is 4. The number of hydrogen-bond donors (Lipinski definition) is 5. The molecule has 0 aromatic rings. The number of ether oxygens (including phenoxy) is 2. The van der Waals surface area contributed by atoms with Crippen LogP contribution in [0.15, 0.2) is 11.6 Å². The standard InChI is InChI=1S/C35H56O8/c1-19-9-14-35(30(40)41)16-15-33(5)21(26(35)20(19)2)7-8-24-31(3)12-11-25(37)32(4,23(31)10-13-34(24,33)6)18-43-29-28(39)27(38)22(36)17-42-29/h7,19-20,22-29,36-39H,8-18H2,1-6H3,(H,40,41)/t19-,20+,22-,23-,24-,25+,26+,27+,28-,29+,31+,32+,33-,34-,35+/m1/s1. The van der Waals surface area contributed by atoms with Gasteiger partial charge in [0.25, 0.3) is 0 Å². The Morgan fingerprint density at radius 2 is 1.65 bits per heavy atom. The van der Waals surface area contributed by atoms with Crippen LogP contribution in [0.1, 0.15) is 99.3 Å². The summed E-state index contributed by atoms with van der Waals surface area (Å²) in [5.74, 6) is 0.904.